The van der Waals surface area contributed by atoms with Crippen LogP contribution in [0.1, 0.15) is 37.8 Å². The fraction of sp³-hybridized carbons (Fsp3) is 0.500. The van der Waals surface area contributed by atoms with Crippen molar-refractivity contribution in [1.82, 2.24) is 5.32 Å². The molecule has 0 aromatic heterocycles. The van der Waals surface area contributed by atoms with Gasteiger partial charge in [-0.05, 0) is 12.0 Å². The molecule has 0 spiro atoms. The van der Waals surface area contributed by atoms with Gasteiger partial charge in [0, 0.05) is 0 Å². The first-order chi connectivity index (χ1) is 8.69. The number of nitrogens with two attached hydrogens (primary N) is 1. The molecule has 4 heteroatoms. The van der Waals surface area contributed by atoms with Crippen LogP contribution in [0.4, 0.5) is 0 Å². The number of rotatable bonds is 7. The monoisotopic (exact) mass is 250 g/mol. The SMILES string of the molecule is CCCCC(N)C(=O)NC(CO)c1ccccc1. The molecule has 4 nitrogen and oxygen atoms in total. The Hall–Kier alpha value is -1.39. The van der Waals surface area contributed by atoms with E-state index in [1.165, 1.54) is 0 Å². The minimum atomic E-state index is -0.497. The third-order valence-corrected chi connectivity index (χ3v) is 2.91. The van der Waals surface area contributed by atoms with E-state index >= 15 is 0 Å². The van der Waals surface area contributed by atoms with Crippen LogP contribution in [0.2, 0.25) is 0 Å². The second kappa shape index (κ2) is 7.84. The maximum Gasteiger partial charge on any atom is 0.237 e. The van der Waals surface area contributed by atoms with Gasteiger partial charge in [-0.1, -0.05) is 50.1 Å². The second-order valence-corrected chi connectivity index (χ2v) is 4.40. The molecule has 1 amide bonds. The molecule has 0 aliphatic carbocycles. The molecule has 1 aromatic rings. The van der Waals surface area contributed by atoms with Crippen molar-refractivity contribution in [3.63, 3.8) is 0 Å². The molecule has 0 aliphatic heterocycles. The summed E-state index contributed by atoms with van der Waals surface area (Å²) in [5, 5.41) is 12.1. The highest BCUT2D eigenvalue weighted by molar-refractivity contribution is 5.81. The summed E-state index contributed by atoms with van der Waals surface area (Å²) in [6, 6.07) is 8.51. The van der Waals surface area contributed by atoms with E-state index in [0.29, 0.717) is 6.42 Å². The summed E-state index contributed by atoms with van der Waals surface area (Å²) in [7, 11) is 0. The predicted octanol–water partition coefficient (Wildman–Crippen LogP) is 1.35. The average Bonchev–Trinajstić information content (AvgIpc) is 2.42. The number of aliphatic hydroxyl groups is 1. The van der Waals surface area contributed by atoms with Gasteiger partial charge in [0.15, 0.2) is 0 Å². The Kier molecular flexibility index (Phi) is 6.39. The first-order valence-corrected chi connectivity index (χ1v) is 6.40. The number of nitrogens with one attached hydrogen (secondary N) is 1. The van der Waals surface area contributed by atoms with Crippen molar-refractivity contribution in [2.75, 3.05) is 6.61 Å². The molecule has 100 valence electrons. The zero-order chi connectivity index (χ0) is 13.4. The average molecular weight is 250 g/mol. The molecule has 0 radical (unpaired) electrons. The van der Waals surface area contributed by atoms with Crippen molar-refractivity contribution in [2.24, 2.45) is 5.73 Å². The minimum absolute atomic E-state index is 0.129. The van der Waals surface area contributed by atoms with Crippen LogP contribution in [0.3, 0.4) is 0 Å². The Morgan fingerprint density at radius 3 is 2.61 bits per heavy atom. The first kappa shape index (κ1) is 14.7. The second-order valence-electron chi connectivity index (χ2n) is 4.40. The van der Waals surface area contributed by atoms with Crippen molar-refractivity contribution in [3.8, 4) is 0 Å². The summed E-state index contributed by atoms with van der Waals surface area (Å²) in [5.41, 5.74) is 6.68. The fourth-order valence-corrected chi connectivity index (χ4v) is 1.75. The molecule has 0 fully saturated rings. The van der Waals surface area contributed by atoms with Gasteiger partial charge in [0.05, 0.1) is 18.7 Å². The van der Waals surface area contributed by atoms with E-state index in [2.05, 4.69) is 12.2 Å². The van der Waals surface area contributed by atoms with Gasteiger partial charge in [0.2, 0.25) is 5.91 Å². The van der Waals surface area contributed by atoms with Crippen LogP contribution >= 0.6 is 0 Å². The molecule has 0 saturated carbocycles. The first-order valence-electron chi connectivity index (χ1n) is 6.40. The van der Waals surface area contributed by atoms with E-state index in [1.807, 2.05) is 30.3 Å². The van der Waals surface area contributed by atoms with E-state index in [-0.39, 0.29) is 18.6 Å². The quantitative estimate of drug-likeness (QED) is 0.684. The van der Waals surface area contributed by atoms with Crippen molar-refractivity contribution in [2.45, 2.75) is 38.3 Å². The number of carbonyl (C=O) groups is 1. The molecule has 0 heterocycles. The van der Waals surface area contributed by atoms with Crippen LogP contribution < -0.4 is 11.1 Å². The van der Waals surface area contributed by atoms with Crippen molar-refractivity contribution in [1.29, 1.82) is 0 Å². The molecule has 4 N–H and O–H groups in total. The van der Waals surface area contributed by atoms with Gasteiger partial charge in [0.1, 0.15) is 0 Å². The molecule has 0 bridgehead atoms. The van der Waals surface area contributed by atoms with Crippen LogP contribution in [0.15, 0.2) is 30.3 Å². The Morgan fingerprint density at radius 1 is 1.39 bits per heavy atom. The molecule has 2 atom stereocenters. The van der Waals surface area contributed by atoms with Gasteiger partial charge in [-0.3, -0.25) is 4.79 Å². The van der Waals surface area contributed by atoms with Crippen LogP contribution in [-0.2, 0) is 4.79 Å². The molecular formula is C14H22N2O2. The Labute approximate surface area is 108 Å². The van der Waals surface area contributed by atoms with Crippen LogP contribution in [0, 0.1) is 0 Å². The van der Waals surface area contributed by atoms with Gasteiger partial charge in [-0.15, -0.1) is 0 Å². The molecular weight excluding hydrogens is 228 g/mol. The van der Waals surface area contributed by atoms with Gasteiger partial charge >= 0.3 is 0 Å². The molecule has 18 heavy (non-hydrogen) atoms. The lowest BCUT2D eigenvalue weighted by Gasteiger charge is -2.19. The number of amides is 1. The third-order valence-electron chi connectivity index (χ3n) is 2.91. The summed E-state index contributed by atoms with van der Waals surface area (Å²) in [6.45, 7) is 1.93. The summed E-state index contributed by atoms with van der Waals surface area (Å²) in [4.78, 5) is 11.8. The lowest BCUT2D eigenvalue weighted by atomic mass is 10.1. The van der Waals surface area contributed by atoms with Crippen molar-refractivity contribution in [3.05, 3.63) is 35.9 Å². The summed E-state index contributed by atoms with van der Waals surface area (Å²) in [5.74, 6) is -0.202. The molecule has 1 rings (SSSR count). The van der Waals surface area contributed by atoms with E-state index in [0.717, 1.165) is 18.4 Å². The number of aliphatic hydroxyl groups excluding tert-OH is 1. The Bertz CT molecular complexity index is 354. The van der Waals surface area contributed by atoms with E-state index in [9.17, 15) is 9.90 Å². The summed E-state index contributed by atoms with van der Waals surface area (Å²) >= 11 is 0. The summed E-state index contributed by atoms with van der Waals surface area (Å²) < 4.78 is 0. The van der Waals surface area contributed by atoms with Crippen LogP contribution in [0.5, 0.6) is 0 Å². The van der Waals surface area contributed by atoms with Gasteiger partial charge in [-0.2, -0.15) is 0 Å². The molecule has 0 saturated heterocycles. The fourth-order valence-electron chi connectivity index (χ4n) is 1.75. The van der Waals surface area contributed by atoms with E-state index in [4.69, 9.17) is 5.73 Å². The van der Waals surface area contributed by atoms with Crippen LogP contribution in [-0.4, -0.2) is 23.7 Å². The normalized spacial score (nSPS) is 13.9. The van der Waals surface area contributed by atoms with Crippen molar-refractivity contribution >= 4 is 5.91 Å². The zero-order valence-corrected chi connectivity index (χ0v) is 10.8. The standard InChI is InChI=1S/C14H22N2O2/c1-2-3-9-12(15)14(18)16-13(10-17)11-7-5-4-6-8-11/h4-8,12-13,17H,2-3,9-10,15H2,1H3,(H,16,18). The lowest BCUT2D eigenvalue weighted by molar-refractivity contribution is -0.123. The maximum absolute atomic E-state index is 11.8. The van der Waals surface area contributed by atoms with Gasteiger partial charge in [-0.25, -0.2) is 0 Å². The van der Waals surface area contributed by atoms with Crippen molar-refractivity contribution < 1.29 is 9.90 Å². The molecule has 1 aromatic carbocycles. The smallest absolute Gasteiger partial charge is 0.237 e. The van der Waals surface area contributed by atoms with Gasteiger partial charge in [0.25, 0.3) is 0 Å². The topological polar surface area (TPSA) is 75.4 Å². The highest BCUT2D eigenvalue weighted by atomic mass is 16.3. The van der Waals surface area contributed by atoms with Crippen LogP contribution in [0.25, 0.3) is 0 Å². The largest absolute Gasteiger partial charge is 0.394 e. The zero-order valence-electron chi connectivity index (χ0n) is 10.8. The summed E-state index contributed by atoms with van der Waals surface area (Å²) in [6.07, 6.45) is 2.63. The highest BCUT2D eigenvalue weighted by Crippen LogP contribution is 2.12. The number of hydrogen-bond acceptors (Lipinski definition) is 3. The highest BCUT2D eigenvalue weighted by Gasteiger charge is 2.18. The minimum Gasteiger partial charge on any atom is -0.394 e. The molecule has 2 unspecified atom stereocenters. The maximum atomic E-state index is 11.8. The predicted molar refractivity (Wildman–Crippen MR) is 71.9 cm³/mol. The Morgan fingerprint density at radius 2 is 2.06 bits per heavy atom. The number of carbonyl (C=O) groups excluding carboxylic acids is 1. The Balaban J connectivity index is 2.56. The van der Waals surface area contributed by atoms with E-state index < -0.39 is 6.04 Å². The van der Waals surface area contributed by atoms with E-state index in [1.54, 1.807) is 0 Å². The molecule has 0 aliphatic rings. The number of hydrogen-bond donors (Lipinski definition) is 3. The number of benzene rings is 1. The van der Waals surface area contributed by atoms with Gasteiger partial charge < -0.3 is 16.2 Å². The lowest BCUT2D eigenvalue weighted by Crippen LogP contribution is -2.43. The third kappa shape index (κ3) is 4.47. The number of unbranched alkanes of at least 4 members (excludes halogenated alkanes) is 1.